The van der Waals surface area contributed by atoms with E-state index in [0.717, 1.165) is 30.8 Å². The summed E-state index contributed by atoms with van der Waals surface area (Å²) in [6.45, 7) is 8.15. The SMILES string of the molecule is C=CCCCCc1ccc(CC(C)C)o1. The normalized spacial score (nSPS) is 10.9. The minimum Gasteiger partial charge on any atom is -0.466 e. The maximum atomic E-state index is 5.75. The first kappa shape index (κ1) is 12.1. The third-order valence-electron chi connectivity index (χ3n) is 2.41. The van der Waals surface area contributed by atoms with Gasteiger partial charge in [-0.1, -0.05) is 19.9 Å². The van der Waals surface area contributed by atoms with Gasteiger partial charge in [0.15, 0.2) is 0 Å². The molecule has 0 atom stereocenters. The molecule has 0 saturated heterocycles. The molecule has 0 saturated carbocycles. The van der Waals surface area contributed by atoms with Gasteiger partial charge in [0.05, 0.1) is 0 Å². The second-order valence-corrected chi connectivity index (χ2v) is 4.50. The molecule has 0 aliphatic carbocycles. The number of aryl methyl sites for hydroxylation is 1. The molecule has 15 heavy (non-hydrogen) atoms. The van der Waals surface area contributed by atoms with Crippen molar-refractivity contribution in [2.75, 3.05) is 0 Å². The van der Waals surface area contributed by atoms with Gasteiger partial charge in [0.25, 0.3) is 0 Å². The van der Waals surface area contributed by atoms with Crippen LogP contribution in [0.4, 0.5) is 0 Å². The first-order valence-electron chi connectivity index (χ1n) is 5.91. The van der Waals surface area contributed by atoms with Crippen molar-refractivity contribution >= 4 is 0 Å². The van der Waals surface area contributed by atoms with Crippen molar-refractivity contribution in [1.29, 1.82) is 0 Å². The predicted octanol–water partition coefficient (Wildman–Crippen LogP) is 4.38. The van der Waals surface area contributed by atoms with E-state index in [9.17, 15) is 0 Å². The zero-order valence-corrected chi connectivity index (χ0v) is 9.96. The van der Waals surface area contributed by atoms with Crippen LogP contribution in [0, 0.1) is 5.92 Å². The average molecular weight is 206 g/mol. The number of furan rings is 1. The molecule has 0 aliphatic rings. The van der Waals surface area contributed by atoms with E-state index in [-0.39, 0.29) is 0 Å². The van der Waals surface area contributed by atoms with E-state index < -0.39 is 0 Å². The van der Waals surface area contributed by atoms with Gasteiger partial charge in [-0.3, -0.25) is 0 Å². The summed E-state index contributed by atoms with van der Waals surface area (Å²) in [7, 11) is 0. The fourth-order valence-corrected chi connectivity index (χ4v) is 1.66. The zero-order valence-electron chi connectivity index (χ0n) is 9.96. The van der Waals surface area contributed by atoms with Gasteiger partial charge in [-0.2, -0.15) is 0 Å². The lowest BCUT2D eigenvalue weighted by atomic mass is 10.1. The quantitative estimate of drug-likeness (QED) is 0.476. The van der Waals surface area contributed by atoms with Crippen molar-refractivity contribution in [3.8, 4) is 0 Å². The molecule has 0 N–H and O–H groups in total. The van der Waals surface area contributed by atoms with E-state index in [1.165, 1.54) is 12.8 Å². The standard InChI is InChI=1S/C14H22O/c1-4-5-6-7-8-13-9-10-14(15-13)11-12(2)3/h4,9-10,12H,1,5-8,11H2,2-3H3. The molecular weight excluding hydrogens is 184 g/mol. The summed E-state index contributed by atoms with van der Waals surface area (Å²) in [5.74, 6) is 2.93. The molecule has 1 heteroatoms. The minimum absolute atomic E-state index is 0.671. The monoisotopic (exact) mass is 206 g/mol. The number of unbranched alkanes of at least 4 members (excludes halogenated alkanes) is 2. The fraction of sp³-hybridized carbons (Fsp3) is 0.571. The molecule has 0 radical (unpaired) electrons. The molecule has 1 aromatic heterocycles. The van der Waals surface area contributed by atoms with Gasteiger partial charge in [-0.25, -0.2) is 0 Å². The second kappa shape index (κ2) is 6.49. The lowest BCUT2D eigenvalue weighted by Gasteiger charge is -2.00. The Hall–Kier alpha value is -0.980. The van der Waals surface area contributed by atoms with E-state index in [1.54, 1.807) is 0 Å². The largest absolute Gasteiger partial charge is 0.466 e. The zero-order chi connectivity index (χ0) is 11.1. The Balaban J connectivity index is 2.29. The summed E-state index contributed by atoms with van der Waals surface area (Å²) in [5, 5.41) is 0. The highest BCUT2D eigenvalue weighted by molar-refractivity contribution is 5.07. The molecule has 1 aromatic rings. The van der Waals surface area contributed by atoms with Crippen molar-refractivity contribution < 1.29 is 4.42 Å². The van der Waals surface area contributed by atoms with Crippen LogP contribution < -0.4 is 0 Å². The molecule has 84 valence electrons. The third kappa shape index (κ3) is 4.87. The van der Waals surface area contributed by atoms with Gasteiger partial charge in [-0.15, -0.1) is 6.58 Å². The first-order chi connectivity index (χ1) is 7.22. The van der Waals surface area contributed by atoms with Crippen LogP contribution in [-0.2, 0) is 12.8 Å². The molecule has 0 bridgehead atoms. The van der Waals surface area contributed by atoms with E-state index in [2.05, 4.69) is 32.6 Å². The highest BCUT2D eigenvalue weighted by atomic mass is 16.3. The fourth-order valence-electron chi connectivity index (χ4n) is 1.66. The topological polar surface area (TPSA) is 13.1 Å². The van der Waals surface area contributed by atoms with Gasteiger partial charge in [0, 0.05) is 12.8 Å². The summed E-state index contributed by atoms with van der Waals surface area (Å²) in [4.78, 5) is 0. The lowest BCUT2D eigenvalue weighted by Crippen LogP contribution is -1.91. The van der Waals surface area contributed by atoms with E-state index >= 15 is 0 Å². The number of hydrogen-bond donors (Lipinski definition) is 0. The third-order valence-corrected chi connectivity index (χ3v) is 2.41. The number of rotatable bonds is 7. The average Bonchev–Trinajstić information content (AvgIpc) is 2.59. The Morgan fingerprint density at radius 3 is 2.67 bits per heavy atom. The smallest absolute Gasteiger partial charge is 0.104 e. The second-order valence-electron chi connectivity index (χ2n) is 4.50. The molecule has 1 heterocycles. The minimum atomic E-state index is 0.671. The van der Waals surface area contributed by atoms with Gasteiger partial charge >= 0.3 is 0 Å². The van der Waals surface area contributed by atoms with Crippen LogP contribution >= 0.6 is 0 Å². The van der Waals surface area contributed by atoms with Crippen molar-refractivity contribution in [2.45, 2.75) is 46.0 Å². The number of hydrogen-bond acceptors (Lipinski definition) is 1. The van der Waals surface area contributed by atoms with Crippen LogP contribution in [0.1, 0.15) is 44.6 Å². The van der Waals surface area contributed by atoms with Gasteiger partial charge in [0.2, 0.25) is 0 Å². The maximum Gasteiger partial charge on any atom is 0.104 e. The van der Waals surface area contributed by atoms with Crippen molar-refractivity contribution in [3.63, 3.8) is 0 Å². The molecule has 0 spiro atoms. The van der Waals surface area contributed by atoms with Crippen LogP contribution in [0.3, 0.4) is 0 Å². The summed E-state index contributed by atoms with van der Waals surface area (Å²) < 4.78 is 5.75. The van der Waals surface area contributed by atoms with Crippen molar-refractivity contribution in [3.05, 3.63) is 36.3 Å². The summed E-state index contributed by atoms with van der Waals surface area (Å²) in [5.41, 5.74) is 0. The molecule has 1 nitrogen and oxygen atoms in total. The first-order valence-corrected chi connectivity index (χ1v) is 5.91. The van der Waals surface area contributed by atoms with E-state index in [4.69, 9.17) is 4.42 Å². The molecule has 0 unspecified atom stereocenters. The van der Waals surface area contributed by atoms with Crippen LogP contribution in [0.2, 0.25) is 0 Å². The van der Waals surface area contributed by atoms with Crippen LogP contribution in [-0.4, -0.2) is 0 Å². The van der Waals surface area contributed by atoms with Gasteiger partial charge in [0.1, 0.15) is 11.5 Å². The van der Waals surface area contributed by atoms with Gasteiger partial charge < -0.3 is 4.42 Å². The molecule has 0 amide bonds. The van der Waals surface area contributed by atoms with Gasteiger partial charge in [-0.05, 0) is 37.3 Å². The summed E-state index contributed by atoms with van der Waals surface area (Å²) >= 11 is 0. The Morgan fingerprint density at radius 1 is 1.27 bits per heavy atom. The van der Waals surface area contributed by atoms with E-state index in [0.29, 0.717) is 5.92 Å². The highest BCUT2D eigenvalue weighted by Crippen LogP contribution is 2.14. The Labute approximate surface area is 93.2 Å². The Morgan fingerprint density at radius 2 is 2.00 bits per heavy atom. The number of allylic oxidation sites excluding steroid dienone is 1. The van der Waals surface area contributed by atoms with E-state index in [1.807, 2.05) is 6.08 Å². The Bertz CT molecular complexity index is 283. The van der Waals surface area contributed by atoms with Crippen LogP contribution in [0.25, 0.3) is 0 Å². The lowest BCUT2D eigenvalue weighted by molar-refractivity contribution is 0.434. The Kier molecular flexibility index (Phi) is 5.23. The van der Waals surface area contributed by atoms with Crippen molar-refractivity contribution in [1.82, 2.24) is 0 Å². The summed E-state index contributed by atoms with van der Waals surface area (Å²) in [6.07, 6.45) is 7.61. The molecular formula is C14H22O. The molecule has 0 aliphatic heterocycles. The molecule has 1 rings (SSSR count). The maximum absolute atomic E-state index is 5.75. The molecule has 0 aromatic carbocycles. The predicted molar refractivity (Wildman–Crippen MR) is 65.0 cm³/mol. The van der Waals surface area contributed by atoms with Crippen LogP contribution in [0.5, 0.6) is 0 Å². The molecule has 0 fully saturated rings. The summed E-state index contributed by atoms with van der Waals surface area (Å²) in [6, 6.07) is 4.23. The van der Waals surface area contributed by atoms with Crippen LogP contribution in [0.15, 0.2) is 29.2 Å². The highest BCUT2D eigenvalue weighted by Gasteiger charge is 2.03. The van der Waals surface area contributed by atoms with Crippen molar-refractivity contribution in [2.24, 2.45) is 5.92 Å².